The van der Waals surface area contributed by atoms with Crippen molar-refractivity contribution in [3.63, 3.8) is 0 Å². The zero-order chi connectivity index (χ0) is 40.5. The van der Waals surface area contributed by atoms with Gasteiger partial charge < -0.3 is 5.73 Å². The summed E-state index contributed by atoms with van der Waals surface area (Å²) in [6.45, 7) is 17.5. The molecule has 0 saturated heterocycles. The zero-order valence-corrected chi connectivity index (χ0v) is 35.9. The van der Waals surface area contributed by atoms with E-state index in [0.717, 1.165) is 72.9 Å². The summed E-state index contributed by atoms with van der Waals surface area (Å²) >= 11 is 6.44. The average Bonchev–Trinajstić information content (AvgIpc) is 3.22. The lowest BCUT2D eigenvalue weighted by Gasteiger charge is -2.19. The predicted octanol–water partition coefficient (Wildman–Crippen LogP) is 15.2. The highest BCUT2D eigenvalue weighted by molar-refractivity contribution is 8.59. The summed E-state index contributed by atoms with van der Waals surface area (Å²) in [5.74, 6) is 0. The SMILES string of the molecule is C/C=C\C.CC(C)(C)c1ccc(C/C=C\c2c(-c3ccccc3)cc3c(cc(-c4ccccc4)c4ccc(-c5ccc(C(C)(C)C)cc5)nc43)c2N)cc1.SS. The molecular formula is C52H56N2S2. The van der Waals surface area contributed by atoms with Gasteiger partial charge in [-0.1, -0.05) is 175 Å². The number of nitrogens with zero attached hydrogens (tertiary/aromatic N) is 1. The van der Waals surface area contributed by atoms with E-state index in [9.17, 15) is 0 Å². The molecule has 0 spiro atoms. The quantitative estimate of drug-likeness (QED) is 0.0518. The lowest BCUT2D eigenvalue weighted by Crippen LogP contribution is -2.10. The van der Waals surface area contributed by atoms with Crippen LogP contribution in [0.4, 0.5) is 5.69 Å². The topological polar surface area (TPSA) is 38.9 Å². The number of aromatic nitrogens is 1. The van der Waals surface area contributed by atoms with E-state index in [4.69, 9.17) is 10.7 Å². The second-order valence-corrected chi connectivity index (χ2v) is 16.1. The molecule has 2 N–H and O–H groups in total. The molecule has 1 heterocycles. The Morgan fingerprint density at radius 2 is 1.05 bits per heavy atom. The highest BCUT2D eigenvalue weighted by Crippen LogP contribution is 2.42. The molecule has 0 aliphatic rings. The Morgan fingerprint density at radius 3 is 1.57 bits per heavy atom. The number of hydrogen-bond donors (Lipinski definition) is 3. The van der Waals surface area contributed by atoms with E-state index in [-0.39, 0.29) is 10.8 Å². The second-order valence-electron chi connectivity index (χ2n) is 16.1. The van der Waals surface area contributed by atoms with Gasteiger partial charge >= 0.3 is 0 Å². The van der Waals surface area contributed by atoms with Crippen LogP contribution in [0.3, 0.4) is 0 Å². The number of rotatable bonds is 6. The number of allylic oxidation sites excluding steroid dienone is 3. The minimum atomic E-state index is 0.0878. The lowest BCUT2D eigenvalue weighted by molar-refractivity contribution is 0.590. The fraction of sp³-hybridized carbons (Fsp3) is 0.212. The number of anilines is 1. The second kappa shape index (κ2) is 18.7. The molecule has 0 amide bonds. The van der Waals surface area contributed by atoms with Crippen molar-refractivity contribution in [1.29, 1.82) is 0 Å². The zero-order valence-electron chi connectivity index (χ0n) is 34.1. The summed E-state index contributed by atoms with van der Waals surface area (Å²) in [6.07, 6.45) is 9.27. The van der Waals surface area contributed by atoms with Gasteiger partial charge in [-0.15, -0.1) is 23.3 Å². The van der Waals surface area contributed by atoms with E-state index in [0.29, 0.717) is 0 Å². The smallest absolute Gasteiger partial charge is 0.0795 e. The van der Waals surface area contributed by atoms with Gasteiger partial charge in [0.15, 0.2) is 0 Å². The molecule has 0 aliphatic heterocycles. The van der Waals surface area contributed by atoms with Gasteiger partial charge in [0.1, 0.15) is 0 Å². The Bertz CT molecular complexity index is 2410. The molecule has 4 heteroatoms. The van der Waals surface area contributed by atoms with Gasteiger partial charge in [0.25, 0.3) is 0 Å². The van der Waals surface area contributed by atoms with Crippen LogP contribution in [0.1, 0.15) is 77.6 Å². The fourth-order valence-corrected chi connectivity index (χ4v) is 6.84. The first-order valence-corrected chi connectivity index (χ1v) is 20.9. The van der Waals surface area contributed by atoms with Crippen molar-refractivity contribution >= 4 is 56.8 Å². The normalized spacial score (nSPS) is 11.8. The minimum Gasteiger partial charge on any atom is -0.398 e. The minimum absolute atomic E-state index is 0.0878. The van der Waals surface area contributed by atoms with Crippen LogP contribution in [0, 0.1) is 0 Å². The number of nitrogen functional groups attached to an aromatic ring is 1. The van der Waals surface area contributed by atoms with Crippen molar-refractivity contribution in [3.05, 3.63) is 174 Å². The van der Waals surface area contributed by atoms with Crippen molar-refractivity contribution in [2.45, 2.75) is 72.6 Å². The van der Waals surface area contributed by atoms with Crippen LogP contribution in [0.2, 0.25) is 0 Å². The number of fused-ring (bicyclic) bond motifs is 3. The van der Waals surface area contributed by atoms with Crippen LogP contribution in [-0.4, -0.2) is 4.98 Å². The van der Waals surface area contributed by atoms with Crippen molar-refractivity contribution in [2.24, 2.45) is 0 Å². The highest BCUT2D eigenvalue weighted by Gasteiger charge is 2.19. The Balaban J connectivity index is 0.000000941. The first kappa shape index (κ1) is 42.1. The van der Waals surface area contributed by atoms with Gasteiger partial charge in [0.05, 0.1) is 11.2 Å². The molecule has 1 aromatic heterocycles. The Morgan fingerprint density at radius 1 is 0.554 bits per heavy atom. The summed E-state index contributed by atoms with van der Waals surface area (Å²) in [4.78, 5) is 5.41. The Kier molecular flexibility index (Phi) is 14.1. The molecule has 7 aromatic rings. The number of thiol groups is 2. The van der Waals surface area contributed by atoms with E-state index in [2.05, 4.69) is 210 Å². The molecule has 0 aliphatic carbocycles. The largest absolute Gasteiger partial charge is 0.398 e. The molecule has 56 heavy (non-hydrogen) atoms. The van der Waals surface area contributed by atoms with Crippen LogP contribution in [0.15, 0.2) is 152 Å². The maximum atomic E-state index is 7.27. The van der Waals surface area contributed by atoms with Crippen LogP contribution in [0.25, 0.3) is 61.3 Å². The number of pyridine rings is 1. The first-order valence-electron chi connectivity index (χ1n) is 19.3. The molecule has 0 atom stereocenters. The van der Waals surface area contributed by atoms with Crippen molar-refractivity contribution in [1.82, 2.24) is 4.98 Å². The van der Waals surface area contributed by atoms with Gasteiger partial charge in [-0.2, -0.15) is 0 Å². The standard InChI is InChI=1S/C48H46N2.C4H8.H2S2/c1-47(2,3)36-24-20-32(21-25-36)14-13-19-38-40(33-15-9-7-10-16-33)31-43-42(45(38)49)30-41(34-17-11-8-12-18-34)39-28-29-44(50-46(39)43)35-22-26-37(27-23-35)48(4,5)6;1-3-4-2;1-2/h7-13,15-31H,14,49H2,1-6H3;3-4H,1-2H3;1-2H/b19-13-;4-3-;. The van der Waals surface area contributed by atoms with Gasteiger partial charge in [-0.25, -0.2) is 4.98 Å². The fourth-order valence-electron chi connectivity index (χ4n) is 6.84. The van der Waals surface area contributed by atoms with Gasteiger partial charge in [-0.05, 0) is 94.3 Å². The highest BCUT2D eigenvalue weighted by atomic mass is 33.1. The molecule has 286 valence electrons. The van der Waals surface area contributed by atoms with E-state index in [1.807, 2.05) is 26.0 Å². The molecule has 2 nitrogen and oxygen atoms in total. The Labute approximate surface area is 345 Å². The third kappa shape index (κ3) is 9.85. The van der Waals surface area contributed by atoms with Gasteiger partial charge in [0, 0.05) is 33.0 Å². The summed E-state index contributed by atoms with van der Waals surface area (Å²) in [6, 6.07) is 47.9. The van der Waals surface area contributed by atoms with E-state index < -0.39 is 0 Å². The summed E-state index contributed by atoms with van der Waals surface area (Å²) < 4.78 is 0. The predicted molar refractivity (Wildman–Crippen MR) is 255 cm³/mol. The average molecular weight is 773 g/mol. The molecule has 0 radical (unpaired) electrons. The van der Waals surface area contributed by atoms with E-state index in [1.165, 1.54) is 16.7 Å². The number of nitrogens with two attached hydrogens (primary N) is 1. The van der Waals surface area contributed by atoms with E-state index in [1.54, 1.807) is 0 Å². The molecule has 0 unspecified atom stereocenters. The summed E-state index contributed by atoms with van der Waals surface area (Å²) in [5, 5.41) is 3.18. The lowest BCUT2D eigenvalue weighted by atomic mass is 9.86. The molecule has 0 fully saturated rings. The Hall–Kier alpha value is -5.03. The van der Waals surface area contributed by atoms with Gasteiger partial charge in [0.2, 0.25) is 0 Å². The van der Waals surface area contributed by atoms with Crippen molar-refractivity contribution in [3.8, 4) is 33.5 Å². The molecule has 0 bridgehead atoms. The molecule has 0 saturated carbocycles. The van der Waals surface area contributed by atoms with Crippen LogP contribution >= 0.6 is 23.3 Å². The summed E-state index contributed by atoms with van der Waals surface area (Å²) in [5.41, 5.74) is 20.7. The molecular weight excluding hydrogens is 717 g/mol. The maximum absolute atomic E-state index is 7.27. The van der Waals surface area contributed by atoms with Crippen LogP contribution < -0.4 is 5.73 Å². The van der Waals surface area contributed by atoms with Crippen molar-refractivity contribution < 1.29 is 0 Å². The first-order chi connectivity index (χ1) is 26.9. The number of hydrogen-bond acceptors (Lipinski definition) is 4. The monoisotopic (exact) mass is 772 g/mol. The third-order valence-corrected chi connectivity index (χ3v) is 10.2. The molecule has 7 rings (SSSR count). The summed E-state index contributed by atoms with van der Waals surface area (Å²) in [7, 11) is 0. The third-order valence-electron chi connectivity index (χ3n) is 10.2. The van der Waals surface area contributed by atoms with Crippen LogP contribution in [-0.2, 0) is 17.3 Å². The van der Waals surface area contributed by atoms with E-state index >= 15 is 0 Å². The molecule has 6 aromatic carbocycles. The van der Waals surface area contributed by atoms with Crippen LogP contribution in [0.5, 0.6) is 0 Å². The van der Waals surface area contributed by atoms with Gasteiger partial charge in [-0.3, -0.25) is 0 Å². The van der Waals surface area contributed by atoms with Crippen molar-refractivity contribution in [2.75, 3.05) is 5.73 Å². The maximum Gasteiger partial charge on any atom is 0.0795 e. The number of benzene rings is 6.